The maximum Gasteiger partial charge on any atom is 0.225 e. The molecule has 1 amide bonds. The van der Waals surface area contributed by atoms with Gasteiger partial charge in [-0.1, -0.05) is 30.7 Å². The lowest BCUT2D eigenvalue weighted by Crippen LogP contribution is -2.33. The van der Waals surface area contributed by atoms with Gasteiger partial charge < -0.3 is 10.4 Å². The van der Waals surface area contributed by atoms with Gasteiger partial charge in [-0.15, -0.1) is 0 Å². The van der Waals surface area contributed by atoms with Crippen LogP contribution in [0.4, 0.5) is 0 Å². The Kier molecular flexibility index (Phi) is 5.86. The molecule has 1 atom stereocenters. The van der Waals surface area contributed by atoms with Crippen LogP contribution >= 0.6 is 0 Å². The summed E-state index contributed by atoms with van der Waals surface area (Å²) in [5, 5.41) is 11.9. The van der Waals surface area contributed by atoms with Gasteiger partial charge in [0.2, 0.25) is 5.91 Å². The van der Waals surface area contributed by atoms with Gasteiger partial charge in [0, 0.05) is 6.54 Å². The average molecular weight is 249 g/mol. The van der Waals surface area contributed by atoms with Gasteiger partial charge in [-0.2, -0.15) is 0 Å². The number of hydrogen-bond acceptors (Lipinski definition) is 2. The summed E-state index contributed by atoms with van der Waals surface area (Å²) in [5.41, 5.74) is 3.76. The van der Waals surface area contributed by atoms with Crippen LogP contribution in [0.5, 0.6) is 0 Å². The SMILES string of the molecule is CCC(CO)C(=O)NCCc1cc(C)ccc1C. The van der Waals surface area contributed by atoms with E-state index >= 15 is 0 Å². The standard InChI is InChI=1S/C15H23NO2/c1-4-13(10-17)15(18)16-8-7-14-9-11(2)5-6-12(14)3/h5-6,9,13,17H,4,7-8,10H2,1-3H3,(H,16,18). The number of carbonyl (C=O) groups is 1. The van der Waals surface area contributed by atoms with E-state index in [4.69, 9.17) is 5.11 Å². The molecule has 0 fully saturated rings. The molecule has 0 heterocycles. The normalized spacial score (nSPS) is 12.2. The van der Waals surface area contributed by atoms with E-state index < -0.39 is 0 Å². The number of benzene rings is 1. The Bertz CT molecular complexity index is 397. The van der Waals surface area contributed by atoms with Crippen LogP contribution in [0.1, 0.15) is 30.0 Å². The molecule has 3 heteroatoms. The topological polar surface area (TPSA) is 49.3 Å². The molecule has 0 saturated carbocycles. The van der Waals surface area contributed by atoms with E-state index in [1.165, 1.54) is 16.7 Å². The Balaban J connectivity index is 2.46. The Morgan fingerprint density at radius 1 is 1.39 bits per heavy atom. The third-order valence-corrected chi connectivity index (χ3v) is 3.28. The van der Waals surface area contributed by atoms with Crippen molar-refractivity contribution in [3.05, 3.63) is 34.9 Å². The van der Waals surface area contributed by atoms with Crippen molar-refractivity contribution in [3.8, 4) is 0 Å². The number of hydrogen-bond donors (Lipinski definition) is 2. The predicted octanol–water partition coefficient (Wildman–Crippen LogP) is 1.98. The lowest BCUT2D eigenvalue weighted by atomic mass is 10.0. The van der Waals surface area contributed by atoms with Gasteiger partial charge in [0.15, 0.2) is 0 Å². The van der Waals surface area contributed by atoms with Gasteiger partial charge in [-0.3, -0.25) is 4.79 Å². The molecule has 0 aromatic heterocycles. The Morgan fingerprint density at radius 3 is 2.72 bits per heavy atom. The highest BCUT2D eigenvalue weighted by Gasteiger charge is 2.14. The summed E-state index contributed by atoms with van der Waals surface area (Å²) in [6.07, 6.45) is 1.51. The molecule has 0 aliphatic carbocycles. The molecule has 3 nitrogen and oxygen atoms in total. The molecule has 1 unspecified atom stereocenters. The summed E-state index contributed by atoms with van der Waals surface area (Å²) >= 11 is 0. The van der Waals surface area contributed by atoms with E-state index in [2.05, 4.69) is 37.4 Å². The fraction of sp³-hybridized carbons (Fsp3) is 0.533. The number of aliphatic hydroxyl groups is 1. The first-order valence-electron chi connectivity index (χ1n) is 6.53. The molecular formula is C15H23NO2. The molecule has 100 valence electrons. The zero-order valence-electron chi connectivity index (χ0n) is 11.5. The van der Waals surface area contributed by atoms with Crippen molar-refractivity contribution in [2.24, 2.45) is 5.92 Å². The molecule has 0 aliphatic heterocycles. The van der Waals surface area contributed by atoms with Gasteiger partial charge in [0.25, 0.3) is 0 Å². The van der Waals surface area contributed by atoms with Crippen molar-refractivity contribution in [1.82, 2.24) is 5.32 Å². The van der Waals surface area contributed by atoms with E-state index in [0.717, 1.165) is 6.42 Å². The molecule has 0 saturated heterocycles. The zero-order chi connectivity index (χ0) is 13.5. The fourth-order valence-corrected chi connectivity index (χ4v) is 1.93. The summed E-state index contributed by atoms with van der Waals surface area (Å²) in [6.45, 7) is 6.61. The van der Waals surface area contributed by atoms with E-state index in [-0.39, 0.29) is 18.4 Å². The Labute approximate surface area is 109 Å². The van der Waals surface area contributed by atoms with Crippen LogP contribution in [-0.2, 0) is 11.2 Å². The lowest BCUT2D eigenvalue weighted by Gasteiger charge is -2.13. The second-order valence-electron chi connectivity index (χ2n) is 4.76. The second-order valence-corrected chi connectivity index (χ2v) is 4.76. The van der Waals surface area contributed by atoms with Crippen molar-refractivity contribution in [2.75, 3.05) is 13.2 Å². The first-order chi connectivity index (χ1) is 8.58. The average Bonchev–Trinajstić information content (AvgIpc) is 2.35. The highest BCUT2D eigenvalue weighted by atomic mass is 16.3. The van der Waals surface area contributed by atoms with Crippen molar-refractivity contribution in [1.29, 1.82) is 0 Å². The van der Waals surface area contributed by atoms with Crippen molar-refractivity contribution in [3.63, 3.8) is 0 Å². The summed E-state index contributed by atoms with van der Waals surface area (Å²) < 4.78 is 0. The smallest absolute Gasteiger partial charge is 0.225 e. The number of rotatable bonds is 6. The Morgan fingerprint density at radius 2 is 2.11 bits per heavy atom. The van der Waals surface area contributed by atoms with E-state index in [1.54, 1.807) is 0 Å². The zero-order valence-corrected chi connectivity index (χ0v) is 11.5. The third-order valence-electron chi connectivity index (χ3n) is 3.28. The first kappa shape index (κ1) is 14.7. The van der Waals surface area contributed by atoms with Crippen LogP contribution < -0.4 is 5.32 Å². The maximum atomic E-state index is 11.7. The lowest BCUT2D eigenvalue weighted by molar-refractivity contribution is -0.126. The quantitative estimate of drug-likeness (QED) is 0.810. The summed E-state index contributed by atoms with van der Waals surface area (Å²) in [4.78, 5) is 11.7. The molecule has 0 bridgehead atoms. The first-order valence-corrected chi connectivity index (χ1v) is 6.53. The van der Waals surface area contributed by atoms with Gasteiger partial charge in [-0.05, 0) is 37.8 Å². The van der Waals surface area contributed by atoms with Gasteiger partial charge in [0.1, 0.15) is 0 Å². The number of aliphatic hydroxyl groups excluding tert-OH is 1. The Hall–Kier alpha value is -1.35. The highest BCUT2D eigenvalue weighted by Crippen LogP contribution is 2.11. The molecule has 0 spiro atoms. The van der Waals surface area contributed by atoms with Crippen molar-refractivity contribution in [2.45, 2.75) is 33.6 Å². The molecule has 2 N–H and O–H groups in total. The number of carbonyl (C=O) groups excluding carboxylic acids is 1. The van der Waals surface area contributed by atoms with Crippen LogP contribution in [0.15, 0.2) is 18.2 Å². The molecule has 0 radical (unpaired) electrons. The molecule has 0 aliphatic rings. The largest absolute Gasteiger partial charge is 0.396 e. The van der Waals surface area contributed by atoms with Crippen LogP contribution in [0.2, 0.25) is 0 Å². The van der Waals surface area contributed by atoms with E-state index in [9.17, 15) is 4.79 Å². The fourth-order valence-electron chi connectivity index (χ4n) is 1.93. The number of aryl methyl sites for hydroxylation is 2. The van der Waals surface area contributed by atoms with Gasteiger partial charge in [-0.25, -0.2) is 0 Å². The van der Waals surface area contributed by atoms with E-state index in [1.807, 2.05) is 6.92 Å². The summed E-state index contributed by atoms with van der Waals surface area (Å²) in [5.74, 6) is -0.325. The monoisotopic (exact) mass is 249 g/mol. The van der Waals surface area contributed by atoms with Crippen LogP contribution in [-0.4, -0.2) is 24.2 Å². The van der Waals surface area contributed by atoms with Crippen LogP contribution in [0.3, 0.4) is 0 Å². The summed E-state index contributed by atoms with van der Waals surface area (Å²) in [6, 6.07) is 6.36. The van der Waals surface area contributed by atoms with Crippen molar-refractivity contribution >= 4 is 5.91 Å². The highest BCUT2D eigenvalue weighted by molar-refractivity contribution is 5.78. The third kappa shape index (κ3) is 4.15. The molecule has 1 aromatic carbocycles. The van der Waals surface area contributed by atoms with E-state index in [0.29, 0.717) is 13.0 Å². The molecule has 1 aromatic rings. The molecule has 18 heavy (non-hydrogen) atoms. The second kappa shape index (κ2) is 7.17. The molecule has 1 rings (SSSR count). The van der Waals surface area contributed by atoms with Crippen molar-refractivity contribution < 1.29 is 9.90 Å². The molecular weight excluding hydrogens is 226 g/mol. The number of nitrogens with one attached hydrogen (secondary N) is 1. The minimum atomic E-state index is -0.274. The van der Waals surface area contributed by atoms with Crippen LogP contribution in [0, 0.1) is 19.8 Å². The summed E-state index contributed by atoms with van der Waals surface area (Å²) in [7, 11) is 0. The predicted molar refractivity (Wildman–Crippen MR) is 73.5 cm³/mol. The van der Waals surface area contributed by atoms with Crippen LogP contribution in [0.25, 0.3) is 0 Å². The number of amides is 1. The minimum Gasteiger partial charge on any atom is -0.396 e. The van der Waals surface area contributed by atoms with Gasteiger partial charge in [0.05, 0.1) is 12.5 Å². The minimum absolute atomic E-state index is 0.0506. The maximum absolute atomic E-state index is 11.7. The van der Waals surface area contributed by atoms with Gasteiger partial charge >= 0.3 is 0 Å².